The molecule has 144 valence electrons. The molecule has 0 spiro atoms. The van der Waals surface area contributed by atoms with Crippen molar-refractivity contribution in [2.24, 2.45) is 0 Å². The number of hydrogen-bond acceptors (Lipinski definition) is 5. The molecule has 0 bridgehead atoms. The highest BCUT2D eigenvalue weighted by molar-refractivity contribution is 14.1. The lowest BCUT2D eigenvalue weighted by Crippen LogP contribution is -2.15. The first-order valence-electron chi connectivity index (χ1n) is 8.44. The van der Waals surface area contributed by atoms with E-state index in [1.54, 1.807) is 43.5 Å². The highest BCUT2D eigenvalue weighted by Gasteiger charge is 2.15. The SMILES string of the molecule is CCOc1cc(/C=C(/C#N)C(=O)Nc2ccccc2C(C)=O)cc(I)c1OC. The average molecular weight is 490 g/mol. The minimum atomic E-state index is -0.597. The molecule has 6 nitrogen and oxygen atoms in total. The molecule has 0 unspecified atom stereocenters. The number of Topliss-reactive ketones (excluding diaryl/α,β-unsaturated/α-hetero) is 1. The lowest BCUT2D eigenvalue weighted by molar-refractivity contribution is -0.112. The Morgan fingerprint density at radius 1 is 1.29 bits per heavy atom. The number of ketones is 1. The third-order valence-electron chi connectivity index (χ3n) is 3.77. The number of nitrogens with zero attached hydrogens (tertiary/aromatic N) is 1. The Morgan fingerprint density at radius 2 is 2.00 bits per heavy atom. The van der Waals surface area contributed by atoms with Crippen LogP contribution >= 0.6 is 22.6 Å². The average Bonchev–Trinajstić information content (AvgIpc) is 2.66. The van der Waals surface area contributed by atoms with Gasteiger partial charge in [-0.25, -0.2) is 0 Å². The van der Waals surface area contributed by atoms with Crippen LogP contribution in [-0.4, -0.2) is 25.4 Å². The highest BCUT2D eigenvalue weighted by atomic mass is 127. The zero-order valence-electron chi connectivity index (χ0n) is 15.7. The van der Waals surface area contributed by atoms with Crippen LogP contribution in [0.2, 0.25) is 0 Å². The number of carbonyl (C=O) groups is 2. The van der Waals surface area contributed by atoms with Crippen molar-refractivity contribution in [3.8, 4) is 17.6 Å². The van der Waals surface area contributed by atoms with Crippen molar-refractivity contribution in [1.82, 2.24) is 0 Å². The molecule has 0 saturated heterocycles. The number of carbonyl (C=O) groups excluding carboxylic acids is 2. The Morgan fingerprint density at radius 3 is 2.61 bits per heavy atom. The van der Waals surface area contributed by atoms with E-state index in [-0.39, 0.29) is 11.4 Å². The van der Waals surface area contributed by atoms with Crippen molar-refractivity contribution in [2.75, 3.05) is 19.0 Å². The van der Waals surface area contributed by atoms with E-state index in [0.717, 1.165) is 3.57 Å². The third-order valence-corrected chi connectivity index (χ3v) is 4.57. The predicted octanol–water partition coefficient (Wildman–Crippen LogP) is 4.45. The van der Waals surface area contributed by atoms with E-state index in [0.29, 0.717) is 34.9 Å². The Labute approximate surface area is 177 Å². The van der Waals surface area contributed by atoms with Crippen LogP contribution in [0, 0.1) is 14.9 Å². The summed E-state index contributed by atoms with van der Waals surface area (Å²) in [6, 6.07) is 12.1. The summed E-state index contributed by atoms with van der Waals surface area (Å²) >= 11 is 2.10. The summed E-state index contributed by atoms with van der Waals surface area (Å²) < 4.78 is 11.7. The van der Waals surface area contributed by atoms with Crippen LogP contribution in [-0.2, 0) is 4.79 Å². The summed E-state index contributed by atoms with van der Waals surface area (Å²) in [6.07, 6.45) is 1.47. The maximum absolute atomic E-state index is 12.6. The number of methoxy groups -OCH3 is 1. The van der Waals surface area contributed by atoms with Crippen molar-refractivity contribution in [3.63, 3.8) is 0 Å². The topological polar surface area (TPSA) is 88.4 Å². The van der Waals surface area contributed by atoms with Gasteiger partial charge in [0.15, 0.2) is 17.3 Å². The fourth-order valence-corrected chi connectivity index (χ4v) is 3.38. The maximum Gasteiger partial charge on any atom is 0.266 e. The van der Waals surface area contributed by atoms with Crippen LogP contribution in [0.15, 0.2) is 42.0 Å². The lowest BCUT2D eigenvalue weighted by Gasteiger charge is -2.12. The van der Waals surface area contributed by atoms with Crippen molar-refractivity contribution in [2.45, 2.75) is 13.8 Å². The van der Waals surface area contributed by atoms with Crippen LogP contribution in [0.1, 0.15) is 29.8 Å². The molecule has 28 heavy (non-hydrogen) atoms. The second-order valence-corrected chi connectivity index (χ2v) is 6.86. The number of para-hydroxylation sites is 1. The fraction of sp³-hybridized carbons (Fsp3) is 0.190. The molecule has 0 saturated carbocycles. The highest BCUT2D eigenvalue weighted by Crippen LogP contribution is 2.34. The molecule has 1 amide bonds. The number of rotatable bonds is 7. The van der Waals surface area contributed by atoms with E-state index in [1.807, 2.05) is 13.0 Å². The Kier molecular flexibility index (Phi) is 7.58. The van der Waals surface area contributed by atoms with Gasteiger partial charge < -0.3 is 14.8 Å². The molecule has 0 atom stereocenters. The lowest BCUT2D eigenvalue weighted by atomic mass is 10.1. The number of nitriles is 1. The monoisotopic (exact) mass is 490 g/mol. The molecule has 0 aliphatic rings. The number of hydrogen-bond donors (Lipinski definition) is 1. The van der Waals surface area contributed by atoms with Crippen LogP contribution in [0.25, 0.3) is 6.08 Å². The van der Waals surface area contributed by atoms with Crippen molar-refractivity contribution in [1.29, 1.82) is 5.26 Å². The molecular formula is C21H19IN2O4. The van der Waals surface area contributed by atoms with Gasteiger partial charge in [0.1, 0.15) is 11.6 Å². The second-order valence-electron chi connectivity index (χ2n) is 5.69. The zero-order valence-corrected chi connectivity index (χ0v) is 17.9. The van der Waals surface area contributed by atoms with Gasteiger partial charge in [0.25, 0.3) is 5.91 Å². The second kappa shape index (κ2) is 9.90. The van der Waals surface area contributed by atoms with Gasteiger partial charge in [-0.3, -0.25) is 9.59 Å². The summed E-state index contributed by atoms with van der Waals surface area (Å²) in [7, 11) is 1.55. The molecule has 2 rings (SSSR count). The first-order valence-corrected chi connectivity index (χ1v) is 9.52. The molecule has 0 fully saturated rings. The number of anilines is 1. The van der Waals surface area contributed by atoms with E-state index in [1.165, 1.54) is 13.0 Å². The third kappa shape index (κ3) is 5.10. The normalized spacial score (nSPS) is 10.8. The van der Waals surface area contributed by atoms with E-state index in [9.17, 15) is 14.9 Å². The molecule has 0 heterocycles. The number of amides is 1. The number of ether oxygens (including phenoxy) is 2. The predicted molar refractivity (Wildman–Crippen MR) is 116 cm³/mol. The summed E-state index contributed by atoms with van der Waals surface area (Å²) in [5.74, 6) is 0.352. The number of nitrogens with one attached hydrogen (secondary N) is 1. The van der Waals surface area contributed by atoms with Crippen LogP contribution in [0.5, 0.6) is 11.5 Å². The summed E-state index contributed by atoms with van der Waals surface area (Å²) in [5, 5.41) is 12.1. The van der Waals surface area contributed by atoms with E-state index in [4.69, 9.17) is 9.47 Å². The van der Waals surface area contributed by atoms with Gasteiger partial charge in [0.05, 0.1) is 23.0 Å². The van der Waals surface area contributed by atoms with Gasteiger partial charge >= 0.3 is 0 Å². The zero-order chi connectivity index (χ0) is 20.7. The first kappa shape index (κ1) is 21.4. The molecular weight excluding hydrogens is 471 g/mol. The van der Waals surface area contributed by atoms with Crippen molar-refractivity contribution < 1.29 is 19.1 Å². The van der Waals surface area contributed by atoms with Crippen molar-refractivity contribution in [3.05, 3.63) is 56.7 Å². The minimum absolute atomic E-state index is 0.0956. The standard InChI is InChI=1S/C21H19IN2O4/c1-4-28-19-11-14(10-17(22)20(19)27-3)9-15(12-23)21(26)24-18-8-6-5-7-16(18)13(2)25/h5-11H,4H2,1-3H3,(H,24,26)/b15-9-. The minimum Gasteiger partial charge on any atom is -0.492 e. The molecule has 0 aliphatic heterocycles. The number of benzene rings is 2. The molecule has 1 N–H and O–H groups in total. The van der Waals surface area contributed by atoms with Gasteiger partial charge in [-0.05, 0) is 72.3 Å². The van der Waals surface area contributed by atoms with Crippen molar-refractivity contribution >= 4 is 46.0 Å². The van der Waals surface area contributed by atoms with Gasteiger partial charge in [-0.2, -0.15) is 5.26 Å². The molecule has 2 aromatic carbocycles. The van der Waals surface area contributed by atoms with Gasteiger partial charge in [-0.15, -0.1) is 0 Å². The molecule has 0 aromatic heterocycles. The maximum atomic E-state index is 12.6. The molecule has 7 heteroatoms. The quantitative estimate of drug-likeness (QED) is 0.268. The summed E-state index contributed by atoms with van der Waals surface area (Å²) in [4.78, 5) is 24.3. The largest absolute Gasteiger partial charge is 0.492 e. The van der Waals surface area contributed by atoms with Crippen LogP contribution < -0.4 is 14.8 Å². The first-order chi connectivity index (χ1) is 13.4. The van der Waals surface area contributed by atoms with Gasteiger partial charge in [-0.1, -0.05) is 12.1 Å². The Balaban J connectivity index is 2.38. The summed E-state index contributed by atoms with van der Waals surface area (Å²) in [5.41, 5.74) is 1.27. The van der Waals surface area contributed by atoms with E-state index in [2.05, 4.69) is 27.9 Å². The van der Waals surface area contributed by atoms with Crippen LogP contribution in [0.4, 0.5) is 5.69 Å². The molecule has 0 radical (unpaired) electrons. The smallest absolute Gasteiger partial charge is 0.266 e. The van der Waals surface area contributed by atoms with E-state index < -0.39 is 5.91 Å². The van der Waals surface area contributed by atoms with E-state index >= 15 is 0 Å². The van der Waals surface area contributed by atoms with Gasteiger partial charge in [0.2, 0.25) is 0 Å². The Bertz CT molecular complexity index is 977. The molecule has 2 aromatic rings. The fourth-order valence-electron chi connectivity index (χ4n) is 2.54. The summed E-state index contributed by atoms with van der Waals surface area (Å²) in [6.45, 7) is 3.73. The van der Waals surface area contributed by atoms with Crippen LogP contribution in [0.3, 0.4) is 0 Å². The molecule has 0 aliphatic carbocycles. The number of halogens is 1. The van der Waals surface area contributed by atoms with Gasteiger partial charge in [0, 0.05) is 5.56 Å². The Hall–Kier alpha value is -2.86.